The first-order chi connectivity index (χ1) is 6.93. The van der Waals surface area contributed by atoms with Crippen LogP contribution in [-0.2, 0) is 0 Å². The minimum Gasteiger partial charge on any atom is -0.218 e. The van der Waals surface area contributed by atoms with Gasteiger partial charge in [0.05, 0.1) is 16.4 Å². The number of benzene rings is 1. The minimum atomic E-state index is 0.882. The fraction of sp³-hybridized carbons (Fsp3) is 0. The van der Waals surface area contributed by atoms with Gasteiger partial charge >= 0.3 is 0 Å². The van der Waals surface area contributed by atoms with Crippen LogP contribution in [0.3, 0.4) is 0 Å². The summed E-state index contributed by atoms with van der Waals surface area (Å²) in [4.78, 5) is 4.45. The number of nitrogens with zero attached hydrogens (tertiary/aromatic N) is 3. The molecule has 0 atom stereocenters. The molecule has 1 radical (unpaired) electrons. The van der Waals surface area contributed by atoms with Crippen molar-refractivity contribution in [3.8, 4) is 5.13 Å². The molecule has 0 aliphatic carbocycles. The molecule has 0 aliphatic rings. The molecule has 3 rings (SSSR count). The van der Waals surface area contributed by atoms with Gasteiger partial charge in [-0.15, -0.1) is 0 Å². The van der Waals surface area contributed by atoms with Gasteiger partial charge in [0.1, 0.15) is 0 Å². The Balaban J connectivity index is 2.24. The van der Waals surface area contributed by atoms with E-state index in [9.17, 15) is 0 Å². The lowest BCUT2D eigenvalue weighted by Crippen LogP contribution is -1.91. The fourth-order valence-electron chi connectivity index (χ4n) is 1.30. The molecular formula is C10H6N3S. The van der Waals surface area contributed by atoms with Crippen molar-refractivity contribution in [2.45, 2.75) is 0 Å². The highest BCUT2D eigenvalue weighted by Crippen LogP contribution is 2.23. The van der Waals surface area contributed by atoms with Gasteiger partial charge in [-0.3, -0.25) is 0 Å². The predicted molar refractivity (Wildman–Crippen MR) is 55.6 cm³/mol. The number of aromatic nitrogens is 3. The van der Waals surface area contributed by atoms with E-state index in [4.69, 9.17) is 0 Å². The van der Waals surface area contributed by atoms with E-state index < -0.39 is 0 Å². The lowest BCUT2D eigenvalue weighted by Gasteiger charge is -1.90. The average Bonchev–Trinajstić information content (AvgIpc) is 2.86. The number of hydrogen-bond donors (Lipinski definition) is 0. The second-order valence-corrected chi connectivity index (χ2v) is 3.86. The Morgan fingerprint density at radius 1 is 1.29 bits per heavy atom. The molecule has 1 aromatic carbocycles. The molecule has 0 spiro atoms. The summed E-state index contributed by atoms with van der Waals surface area (Å²) in [5.41, 5.74) is 1.02. The Labute approximate surface area is 84.6 Å². The SMILES string of the molecule is [c]1cnn(-c2nc3ccccc3s2)c1. The van der Waals surface area contributed by atoms with E-state index in [0.717, 1.165) is 10.6 Å². The molecule has 0 saturated heterocycles. The predicted octanol–water partition coefficient (Wildman–Crippen LogP) is 2.28. The first-order valence-electron chi connectivity index (χ1n) is 4.20. The number of fused-ring (bicyclic) bond motifs is 1. The van der Waals surface area contributed by atoms with Crippen LogP contribution in [0.15, 0.2) is 36.7 Å². The second-order valence-electron chi connectivity index (χ2n) is 2.85. The van der Waals surface area contributed by atoms with E-state index in [0.29, 0.717) is 0 Å². The molecular weight excluding hydrogens is 194 g/mol. The molecule has 0 fully saturated rings. The lowest BCUT2D eigenvalue weighted by atomic mass is 10.3. The summed E-state index contributed by atoms with van der Waals surface area (Å²) in [7, 11) is 0. The summed E-state index contributed by atoms with van der Waals surface area (Å²) < 4.78 is 2.91. The van der Waals surface area contributed by atoms with Crippen LogP contribution >= 0.6 is 11.3 Å². The summed E-state index contributed by atoms with van der Waals surface area (Å²) in [5, 5.41) is 4.97. The Hall–Kier alpha value is -1.68. The van der Waals surface area contributed by atoms with Crippen LogP contribution < -0.4 is 0 Å². The molecule has 67 valence electrons. The van der Waals surface area contributed by atoms with Crippen molar-refractivity contribution < 1.29 is 0 Å². The summed E-state index contributed by atoms with van der Waals surface area (Å²) >= 11 is 1.62. The molecule has 3 aromatic rings. The van der Waals surface area contributed by atoms with Crippen molar-refractivity contribution in [2.24, 2.45) is 0 Å². The Kier molecular flexibility index (Phi) is 1.61. The number of thiazole rings is 1. The lowest BCUT2D eigenvalue weighted by molar-refractivity contribution is 0.873. The van der Waals surface area contributed by atoms with Gasteiger partial charge in [-0.2, -0.15) is 5.10 Å². The smallest absolute Gasteiger partial charge is 0.211 e. The maximum absolute atomic E-state index is 4.45. The molecule has 0 unspecified atom stereocenters. The van der Waals surface area contributed by atoms with Crippen LogP contribution in [0.1, 0.15) is 0 Å². The third-order valence-corrected chi connectivity index (χ3v) is 2.96. The molecule has 0 N–H and O–H groups in total. The zero-order chi connectivity index (χ0) is 9.38. The maximum atomic E-state index is 4.45. The van der Waals surface area contributed by atoms with Crippen LogP contribution in [0, 0.1) is 6.07 Å². The van der Waals surface area contributed by atoms with Crippen LogP contribution in [0.4, 0.5) is 0 Å². The second kappa shape index (κ2) is 2.92. The molecule has 0 bridgehead atoms. The van der Waals surface area contributed by atoms with Gasteiger partial charge in [0, 0.05) is 12.3 Å². The third-order valence-electron chi connectivity index (χ3n) is 1.93. The Morgan fingerprint density at radius 3 is 3.00 bits per heavy atom. The zero-order valence-electron chi connectivity index (χ0n) is 7.21. The molecule has 2 aromatic heterocycles. The van der Waals surface area contributed by atoms with Crippen molar-refractivity contribution in [2.75, 3.05) is 0 Å². The standard InChI is InChI=1S/C10H6N3S/c1-2-5-9-8(4-1)12-10(14-9)13-7-3-6-11-13/h1-2,4-7H. The van der Waals surface area contributed by atoms with Gasteiger partial charge < -0.3 is 0 Å². The first kappa shape index (κ1) is 7.70. The largest absolute Gasteiger partial charge is 0.218 e. The van der Waals surface area contributed by atoms with E-state index in [2.05, 4.69) is 22.2 Å². The van der Waals surface area contributed by atoms with Crippen molar-refractivity contribution in [3.05, 3.63) is 42.7 Å². The Morgan fingerprint density at radius 2 is 2.21 bits per heavy atom. The highest BCUT2D eigenvalue weighted by atomic mass is 32.1. The molecule has 4 heteroatoms. The van der Waals surface area contributed by atoms with Crippen LogP contribution in [-0.4, -0.2) is 14.8 Å². The van der Waals surface area contributed by atoms with E-state index in [1.165, 1.54) is 4.70 Å². The van der Waals surface area contributed by atoms with E-state index >= 15 is 0 Å². The summed E-state index contributed by atoms with van der Waals surface area (Å²) in [5.74, 6) is 0. The van der Waals surface area contributed by atoms with Gasteiger partial charge in [-0.05, 0) is 12.1 Å². The third kappa shape index (κ3) is 1.12. The average molecular weight is 200 g/mol. The fourth-order valence-corrected chi connectivity index (χ4v) is 2.19. The Bertz CT molecular complexity index is 521. The highest BCUT2D eigenvalue weighted by molar-refractivity contribution is 7.20. The van der Waals surface area contributed by atoms with Crippen molar-refractivity contribution in [1.82, 2.24) is 14.8 Å². The topological polar surface area (TPSA) is 30.7 Å². The quantitative estimate of drug-likeness (QED) is 0.603. The van der Waals surface area contributed by atoms with Crippen molar-refractivity contribution in [1.29, 1.82) is 0 Å². The van der Waals surface area contributed by atoms with Gasteiger partial charge in [0.15, 0.2) is 0 Å². The molecule has 0 saturated carbocycles. The maximum Gasteiger partial charge on any atom is 0.211 e. The van der Waals surface area contributed by atoms with Crippen LogP contribution in [0.2, 0.25) is 0 Å². The van der Waals surface area contributed by atoms with Gasteiger partial charge in [0.25, 0.3) is 0 Å². The summed E-state index contributed by atoms with van der Waals surface area (Å²) in [6.07, 6.45) is 3.41. The number of rotatable bonds is 1. The van der Waals surface area contributed by atoms with Crippen molar-refractivity contribution in [3.63, 3.8) is 0 Å². The molecule has 2 heterocycles. The normalized spacial score (nSPS) is 10.9. The minimum absolute atomic E-state index is 0.882. The molecule has 0 amide bonds. The van der Waals surface area contributed by atoms with E-state index in [-0.39, 0.29) is 0 Å². The summed E-state index contributed by atoms with van der Waals surface area (Å²) in [6, 6.07) is 11.0. The molecule has 0 aliphatic heterocycles. The number of para-hydroxylation sites is 1. The zero-order valence-corrected chi connectivity index (χ0v) is 8.03. The van der Waals surface area contributed by atoms with E-state index in [1.54, 1.807) is 28.4 Å². The van der Waals surface area contributed by atoms with Crippen LogP contribution in [0.5, 0.6) is 0 Å². The van der Waals surface area contributed by atoms with E-state index in [1.807, 2.05) is 18.2 Å². The first-order valence-corrected chi connectivity index (χ1v) is 5.02. The molecule has 3 nitrogen and oxygen atoms in total. The highest BCUT2D eigenvalue weighted by Gasteiger charge is 2.03. The molecule has 14 heavy (non-hydrogen) atoms. The van der Waals surface area contributed by atoms with Crippen LogP contribution in [0.25, 0.3) is 15.3 Å². The van der Waals surface area contributed by atoms with Gasteiger partial charge in [-0.25, -0.2) is 9.67 Å². The summed E-state index contributed by atoms with van der Waals surface area (Å²) in [6.45, 7) is 0. The van der Waals surface area contributed by atoms with Gasteiger partial charge in [-0.1, -0.05) is 23.5 Å². The van der Waals surface area contributed by atoms with Gasteiger partial charge in [0.2, 0.25) is 5.13 Å². The number of hydrogen-bond acceptors (Lipinski definition) is 3. The van der Waals surface area contributed by atoms with Crippen molar-refractivity contribution >= 4 is 21.6 Å². The monoisotopic (exact) mass is 200 g/mol.